The van der Waals surface area contributed by atoms with Crippen molar-refractivity contribution < 1.29 is 57.3 Å². The van der Waals surface area contributed by atoms with E-state index in [9.17, 15) is 38.4 Å². The van der Waals surface area contributed by atoms with Gasteiger partial charge in [-0.3, -0.25) is 19.2 Å². The highest BCUT2D eigenvalue weighted by molar-refractivity contribution is 5.84. The number of carbonyl (C=O) groups excluding carboxylic acids is 8. The number of hydrogen-bond donors (Lipinski definition) is 8. The number of rotatable bonds is 19. The van der Waals surface area contributed by atoms with E-state index in [0.29, 0.717) is 6.42 Å². The van der Waals surface area contributed by atoms with Crippen molar-refractivity contribution in [1.82, 2.24) is 42.5 Å². The van der Waals surface area contributed by atoms with Crippen molar-refractivity contribution in [3.05, 3.63) is 0 Å². The smallest absolute Gasteiger partial charge is 0.408 e. The molecule has 20 heteroatoms. The Hall–Kier alpha value is -5.04. The van der Waals surface area contributed by atoms with Gasteiger partial charge >= 0.3 is 24.4 Å². The molecule has 316 valence electrons. The van der Waals surface area contributed by atoms with Crippen molar-refractivity contribution in [3.8, 4) is 0 Å². The molecule has 0 bridgehead atoms. The van der Waals surface area contributed by atoms with E-state index in [2.05, 4.69) is 42.5 Å². The van der Waals surface area contributed by atoms with Crippen LogP contribution in [0.5, 0.6) is 0 Å². The van der Waals surface area contributed by atoms with Gasteiger partial charge in [-0.1, -0.05) is 13.3 Å². The van der Waals surface area contributed by atoms with Crippen LogP contribution in [-0.4, -0.2) is 123 Å². The van der Waals surface area contributed by atoms with Crippen molar-refractivity contribution in [2.75, 3.05) is 52.4 Å². The van der Waals surface area contributed by atoms with Crippen LogP contribution in [0.2, 0.25) is 0 Å². The molecule has 0 saturated carbocycles. The highest BCUT2D eigenvalue weighted by Crippen LogP contribution is 2.17. The number of amides is 8. The Morgan fingerprint density at radius 2 is 0.618 bits per heavy atom. The van der Waals surface area contributed by atoms with E-state index in [1.807, 2.05) is 6.92 Å². The molecule has 0 spiro atoms. The van der Waals surface area contributed by atoms with E-state index >= 15 is 0 Å². The fourth-order valence-electron chi connectivity index (χ4n) is 4.26. The maximum atomic E-state index is 12.9. The molecule has 0 aromatic rings. The van der Waals surface area contributed by atoms with Gasteiger partial charge in [0.15, 0.2) is 0 Å². The highest BCUT2D eigenvalue weighted by atomic mass is 16.6. The summed E-state index contributed by atoms with van der Waals surface area (Å²) < 4.78 is 20.8. The van der Waals surface area contributed by atoms with Crippen LogP contribution in [0.1, 0.15) is 95.9 Å². The third kappa shape index (κ3) is 27.2. The van der Waals surface area contributed by atoms with Crippen LogP contribution in [0.15, 0.2) is 0 Å². The Bertz CT molecular complexity index is 1220. The van der Waals surface area contributed by atoms with Crippen LogP contribution in [0.25, 0.3) is 0 Å². The first-order valence-electron chi connectivity index (χ1n) is 18.0. The van der Waals surface area contributed by atoms with Crippen molar-refractivity contribution in [2.45, 2.75) is 118 Å². The van der Waals surface area contributed by atoms with E-state index in [4.69, 9.17) is 18.9 Å². The van der Waals surface area contributed by atoms with Crippen LogP contribution in [-0.2, 0) is 38.1 Å². The normalized spacial score (nSPS) is 11.9. The van der Waals surface area contributed by atoms with E-state index in [1.165, 1.54) is 0 Å². The Kier molecular flexibility index (Phi) is 20.3. The van der Waals surface area contributed by atoms with E-state index in [0.717, 1.165) is 6.42 Å². The molecule has 0 saturated heterocycles. The average Bonchev–Trinajstić information content (AvgIpc) is 3.01. The van der Waals surface area contributed by atoms with E-state index in [1.54, 1.807) is 76.2 Å². The molecule has 0 unspecified atom stereocenters. The monoisotopic (exact) mass is 788 g/mol. The Morgan fingerprint density at radius 1 is 0.382 bits per heavy atom. The summed E-state index contributed by atoms with van der Waals surface area (Å²) >= 11 is 0. The lowest BCUT2D eigenvalue weighted by Crippen LogP contribution is -2.59. The van der Waals surface area contributed by atoms with Crippen LogP contribution >= 0.6 is 0 Å². The largest absolute Gasteiger partial charge is 0.444 e. The molecule has 0 radical (unpaired) electrons. The molecule has 0 atom stereocenters. The molecule has 0 aliphatic heterocycles. The topological polar surface area (TPSA) is 270 Å². The Labute approximate surface area is 323 Å². The average molecular weight is 789 g/mol. The Morgan fingerprint density at radius 3 is 0.836 bits per heavy atom. The summed E-state index contributed by atoms with van der Waals surface area (Å²) in [6.07, 6.45) is -2.01. The number of ether oxygens (including phenoxy) is 4. The van der Waals surface area contributed by atoms with Crippen LogP contribution in [0.4, 0.5) is 19.2 Å². The third-order valence-electron chi connectivity index (χ3n) is 6.63. The van der Waals surface area contributed by atoms with Gasteiger partial charge in [0.2, 0.25) is 23.6 Å². The second-order valence-electron chi connectivity index (χ2n) is 16.4. The van der Waals surface area contributed by atoms with Crippen molar-refractivity contribution in [2.24, 2.45) is 5.41 Å². The van der Waals surface area contributed by atoms with Gasteiger partial charge in [-0.05, 0) is 82.6 Å². The predicted octanol–water partition coefficient (Wildman–Crippen LogP) is 1.32. The zero-order chi connectivity index (χ0) is 42.7. The first-order valence-corrected chi connectivity index (χ1v) is 18.0. The quantitative estimate of drug-likeness (QED) is 0.0862. The maximum absolute atomic E-state index is 12.9. The van der Waals surface area contributed by atoms with Crippen LogP contribution in [0.3, 0.4) is 0 Å². The molecular weight excluding hydrogens is 724 g/mol. The van der Waals surface area contributed by atoms with Gasteiger partial charge in [0, 0.05) is 31.6 Å². The third-order valence-corrected chi connectivity index (χ3v) is 6.63. The minimum Gasteiger partial charge on any atom is -0.444 e. The minimum atomic E-state index is -1.38. The molecule has 0 fully saturated rings. The number of carbonyl (C=O) groups is 8. The summed E-state index contributed by atoms with van der Waals surface area (Å²) in [5.41, 5.74) is -4.62. The fraction of sp³-hybridized carbons (Fsp3) is 0.771. The fourth-order valence-corrected chi connectivity index (χ4v) is 4.26. The van der Waals surface area contributed by atoms with Crippen LogP contribution < -0.4 is 42.5 Å². The molecule has 8 N–H and O–H groups in total. The highest BCUT2D eigenvalue weighted by Gasteiger charge is 2.34. The van der Waals surface area contributed by atoms with Gasteiger partial charge in [-0.2, -0.15) is 0 Å². The molecule has 0 aliphatic carbocycles. The maximum Gasteiger partial charge on any atom is 0.408 e. The molecule has 55 heavy (non-hydrogen) atoms. The lowest BCUT2D eigenvalue weighted by molar-refractivity contribution is -0.121. The molecule has 0 heterocycles. The number of nitrogens with one attached hydrogen (secondary N) is 8. The van der Waals surface area contributed by atoms with Gasteiger partial charge < -0.3 is 61.5 Å². The standard InChI is InChI=1S/C35H64N8O12/c1-13-14-34(11,12)55-30(51)39-18-26(47)43-22-35(19-40-23(44)15-36-27(48)52-31(2,3)4,20-41-24(45)16-37-28(49)53-32(5,6)7)21-42-25(46)17-38-29(50)54-33(8,9)10/h13-22H2,1-12H3,(H,36,48)(H,37,49)(H,38,50)(H,39,51)(H,40,44)(H,41,45)(H,42,46)(H,43,47). The van der Waals surface area contributed by atoms with Crippen LogP contribution in [0, 0.1) is 5.41 Å². The Balaban J connectivity index is 6.13. The summed E-state index contributed by atoms with van der Waals surface area (Å²) in [6, 6.07) is 0. The second-order valence-corrected chi connectivity index (χ2v) is 16.4. The molecule has 0 rings (SSSR count). The van der Waals surface area contributed by atoms with Gasteiger partial charge in [0.1, 0.15) is 22.4 Å². The molecule has 20 nitrogen and oxygen atoms in total. The van der Waals surface area contributed by atoms with Gasteiger partial charge in [0.25, 0.3) is 0 Å². The summed E-state index contributed by atoms with van der Waals surface area (Å²) in [5.74, 6) is -2.73. The molecular formula is C35H64N8O12. The zero-order valence-corrected chi connectivity index (χ0v) is 34.5. The lowest BCUT2D eigenvalue weighted by Gasteiger charge is -2.35. The predicted molar refractivity (Wildman–Crippen MR) is 201 cm³/mol. The van der Waals surface area contributed by atoms with E-state index in [-0.39, 0.29) is 26.2 Å². The van der Waals surface area contributed by atoms with Crippen molar-refractivity contribution in [3.63, 3.8) is 0 Å². The summed E-state index contributed by atoms with van der Waals surface area (Å²) in [6.45, 7) is 17.0. The minimum absolute atomic E-state index is 0.302. The lowest BCUT2D eigenvalue weighted by atomic mass is 9.86. The molecule has 0 aliphatic rings. The number of alkyl carbamates (subject to hydrolysis) is 4. The van der Waals surface area contributed by atoms with Crippen molar-refractivity contribution in [1.29, 1.82) is 0 Å². The van der Waals surface area contributed by atoms with Crippen molar-refractivity contribution >= 4 is 48.0 Å². The molecule has 0 aromatic heterocycles. The first kappa shape index (κ1) is 50.0. The molecule has 0 aromatic carbocycles. The number of hydrogen-bond acceptors (Lipinski definition) is 12. The van der Waals surface area contributed by atoms with Gasteiger partial charge in [0.05, 0.1) is 26.2 Å². The summed E-state index contributed by atoms with van der Waals surface area (Å²) in [5, 5.41) is 19.8. The first-order chi connectivity index (χ1) is 25.0. The molecule has 8 amide bonds. The summed E-state index contributed by atoms with van der Waals surface area (Å²) in [4.78, 5) is 100. The van der Waals surface area contributed by atoms with Gasteiger partial charge in [-0.15, -0.1) is 0 Å². The SMILES string of the molecule is CCCC(C)(C)OC(=O)NCC(=O)NCC(CNC(=O)CNC(=O)OC(C)(C)C)(CNC(=O)CNC(=O)OC(C)(C)C)CNC(=O)CNC(=O)OC(C)(C)C. The zero-order valence-electron chi connectivity index (χ0n) is 34.5. The summed E-state index contributed by atoms with van der Waals surface area (Å²) in [7, 11) is 0. The van der Waals surface area contributed by atoms with Gasteiger partial charge in [-0.25, -0.2) is 19.2 Å². The van der Waals surface area contributed by atoms with E-state index < -0.39 is 102 Å². The second kappa shape index (κ2) is 22.4.